The molecule has 4 heteroatoms. The molecule has 0 saturated carbocycles. The predicted octanol–water partition coefficient (Wildman–Crippen LogP) is 4.70. The van der Waals surface area contributed by atoms with E-state index in [2.05, 4.69) is 31.9 Å². The van der Waals surface area contributed by atoms with Gasteiger partial charge in [0.05, 0.1) is 21.5 Å². The van der Waals surface area contributed by atoms with Crippen molar-refractivity contribution >= 4 is 53.8 Å². The molecule has 70 valence electrons. The highest BCUT2D eigenvalue weighted by atomic mass is 79.9. The molecule has 1 aromatic carbocycles. The van der Waals surface area contributed by atoms with Gasteiger partial charge in [-0.1, -0.05) is 0 Å². The van der Waals surface area contributed by atoms with Gasteiger partial charge in [-0.05, 0) is 44.0 Å². The molecule has 0 fully saturated rings. The molecule has 14 heavy (non-hydrogen) atoms. The van der Waals surface area contributed by atoms with Crippen molar-refractivity contribution in [1.29, 1.82) is 0 Å². The first-order valence-corrected chi connectivity index (χ1v) is 5.59. The molecule has 0 aliphatic rings. The Morgan fingerprint density at radius 3 is 1.64 bits per heavy atom. The summed E-state index contributed by atoms with van der Waals surface area (Å²) in [4.78, 5) is 0. The van der Waals surface area contributed by atoms with E-state index in [1.54, 1.807) is 12.5 Å². The molecule has 2 nitrogen and oxygen atoms in total. The zero-order valence-electron chi connectivity index (χ0n) is 6.88. The Bertz CT molecular complexity index is 519. The second-order valence-corrected chi connectivity index (χ2v) is 4.54. The van der Waals surface area contributed by atoms with Crippen LogP contribution in [-0.2, 0) is 0 Å². The topological polar surface area (TPSA) is 26.3 Å². The fourth-order valence-corrected chi connectivity index (χ4v) is 2.79. The van der Waals surface area contributed by atoms with Crippen molar-refractivity contribution in [2.24, 2.45) is 0 Å². The third-order valence-corrected chi connectivity index (χ3v) is 3.78. The maximum atomic E-state index is 5.39. The lowest BCUT2D eigenvalue weighted by Gasteiger charge is -1.98. The second kappa shape index (κ2) is 2.87. The molecule has 0 saturated heterocycles. The Morgan fingerprint density at radius 1 is 0.786 bits per heavy atom. The molecule has 0 spiro atoms. The van der Waals surface area contributed by atoms with Crippen LogP contribution in [0.4, 0.5) is 0 Å². The van der Waals surface area contributed by atoms with Crippen molar-refractivity contribution in [2.75, 3.05) is 0 Å². The van der Waals surface area contributed by atoms with Gasteiger partial charge in [-0.2, -0.15) is 0 Å². The zero-order valence-corrected chi connectivity index (χ0v) is 10.1. The Morgan fingerprint density at radius 2 is 1.21 bits per heavy atom. The van der Waals surface area contributed by atoms with Gasteiger partial charge < -0.3 is 8.83 Å². The van der Waals surface area contributed by atoms with Gasteiger partial charge in [0.1, 0.15) is 11.2 Å². The van der Waals surface area contributed by atoms with Gasteiger partial charge in [0.25, 0.3) is 0 Å². The molecule has 0 aliphatic heterocycles. The van der Waals surface area contributed by atoms with Gasteiger partial charge in [0.15, 0.2) is 0 Å². The lowest BCUT2D eigenvalue weighted by atomic mass is 10.2. The van der Waals surface area contributed by atoms with E-state index in [9.17, 15) is 0 Å². The third-order valence-electron chi connectivity index (χ3n) is 2.20. The SMILES string of the molecule is Brc1c2ccoc2c(Br)c2ccoc12. The van der Waals surface area contributed by atoms with E-state index >= 15 is 0 Å². The molecule has 0 N–H and O–H groups in total. The van der Waals surface area contributed by atoms with E-state index in [4.69, 9.17) is 8.83 Å². The summed E-state index contributed by atoms with van der Waals surface area (Å²) in [5.41, 5.74) is 1.68. The maximum absolute atomic E-state index is 5.39. The highest BCUT2D eigenvalue weighted by Crippen LogP contribution is 2.40. The molecule has 0 aliphatic carbocycles. The lowest BCUT2D eigenvalue weighted by Crippen LogP contribution is -1.73. The van der Waals surface area contributed by atoms with Crippen LogP contribution in [0.5, 0.6) is 0 Å². The van der Waals surface area contributed by atoms with Crippen LogP contribution in [0.3, 0.4) is 0 Å². The smallest absolute Gasteiger partial charge is 0.150 e. The molecule has 0 bridgehead atoms. The Labute approximate surface area is 96.1 Å². The molecule has 3 aromatic rings. The van der Waals surface area contributed by atoms with E-state index in [1.165, 1.54) is 0 Å². The molecule has 0 unspecified atom stereocenters. The Balaban J connectivity index is 2.72. The fraction of sp³-hybridized carbons (Fsp3) is 0. The highest BCUT2D eigenvalue weighted by molar-refractivity contribution is 9.11. The molecular weight excluding hydrogens is 312 g/mol. The third kappa shape index (κ3) is 0.953. The van der Waals surface area contributed by atoms with Crippen LogP contribution in [-0.4, -0.2) is 0 Å². The van der Waals surface area contributed by atoms with Gasteiger partial charge in [0, 0.05) is 10.8 Å². The van der Waals surface area contributed by atoms with E-state index in [0.29, 0.717) is 0 Å². The van der Waals surface area contributed by atoms with Crippen LogP contribution < -0.4 is 0 Å². The quantitative estimate of drug-likeness (QED) is 0.601. The first-order valence-electron chi connectivity index (χ1n) is 4.00. The minimum absolute atomic E-state index is 0.839. The summed E-state index contributed by atoms with van der Waals surface area (Å²) in [7, 11) is 0. The van der Waals surface area contributed by atoms with Gasteiger partial charge in [-0.15, -0.1) is 0 Å². The predicted molar refractivity (Wildman–Crippen MR) is 61.4 cm³/mol. The number of hydrogen-bond acceptors (Lipinski definition) is 2. The molecule has 0 radical (unpaired) electrons. The zero-order chi connectivity index (χ0) is 9.71. The molecule has 0 atom stereocenters. The molecule has 0 amide bonds. The van der Waals surface area contributed by atoms with Crippen molar-refractivity contribution in [3.05, 3.63) is 33.6 Å². The number of fused-ring (bicyclic) bond motifs is 2. The van der Waals surface area contributed by atoms with Crippen LogP contribution in [0, 0.1) is 0 Å². The van der Waals surface area contributed by atoms with Crippen molar-refractivity contribution < 1.29 is 8.83 Å². The Hall–Kier alpha value is -0.740. The average Bonchev–Trinajstić information content (AvgIpc) is 2.82. The minimum atomic E-state index is 0.839. The van der Waals surface area contributed by atoms with Crippen molar-refractivity contribution in [2.45, 2.75) is 0 Å². The standard InChI is InChI=1S/C10H4Br2O2/c11-7-5-1-3-13-9(5)8(12)6-2-4-14-10(6)7/h1-4H. The molecular formula is C10H4Br2O2. The summed E-state index contributed by atoms with van der Waals surface area (Å²) in [6.07, 6.45) is 3.33. The summed E-state index contributed by atoms with van der Waals surface area (Å²) in [5, 5.41) is 2.03. The summed E-state index contributed by atoms with van der Waals surface area (Å²) in [6, 6.07) is 3.82. The van der Waals surface area contributed by atoms with Gasteiger partial charge >= 0.3 is 0 Å². The number of halogens is 2. The van der Waals surface area contributed by atoms with Crippen LogP contribution >= 0.6 is 31.9 Å². The van der Waals surface area contributed by atoms with E-state index in [0.717, 1.165) is 30.9 Å². The number of hydrogen-bond donors (Lipinski definition) is 0. The summed E-state index contributed by atoms with van der Waals surface area (Å²) < 4.78 is 12.6. The number of furan rings is 2. The maximum Gasteiger partial charge on any atom is 0.150 e. The van der Waals surface area contributed by atoms with E-state index in [1.807, 2.05) is 12.1 Å². The summed E-state index contributed by atoms with van der Waals surface area (Å²) in [6.45, 7) is 0. The highest BCUT2D eigenvalue weighted by Gasteiger charge is 2.14. The minimum Gasteiger partial charge on any atom is -0.463 e. The van der Waals surface area contributed by atoms with Gasteiger partial charge in [-0.25, -0.2) is 0 Å². The van der Waals surface area contributed by atoms with Crippen molar-refractivity contribution in [3.8, 4) is 0 Å². The number of rotatable bonds is 0. The average molecular weight is 316 g/mol. The Kier molecular flexibility index (Phi) is 1.76. The van der Waals surface area contributed by atoms with E-state index in [-0.39, 0.29) is 0 Å². The van der Waals surface area contributed by atoms with Crippen molar-refractivity contribution in [1.82, 2.24) is 0 Å². The van der Waals surface area contributed by atoms with Gasteiger partial charge in [-0.3, -0.25) is 0 Å². The number of benzene rings is 1. The van der Waals surface area contributed by atoms with Crippen LogP contribution in [0.25, 0.3) is 21.9 Å². The molecule has 3 rings (SSSR count). The van der Waals surface area contributed by atoms with Crippen LogP contribution in [0.1, 0.15) is 0 Å². The molecule has 2 heterocycles. The molecule has 2 aromatic heterocycles. The second-order valence-electron chi connectivity index (χ2n) is 2.95. The monoisotopic (exact) mass is 314 g/mol. The summed E-state index contributed by atoms with van der Waals surface area (Å²) in [5.74, 6) is 0. The lowest BCUT2D eigenvalue weighted by molar-refractivity contribution is 0.610. The van der Waals surface area contributed by atoms with Gasteiger partial charge in [0.2, 0.25) is 0 Å². The van der Waals surface area contributed by atoms with Crippen molar-refractivity contribution in [3.63, 3.8) is 0 Å². The first kappa shape index (κ1) is 8.56. The van der Waals surface area contributed by atoms with Crippen LogP contribution in [0.2, 0.25) is 0 Å². The van der Waals surface area contributed by atoms with Crippen LogP contribution in [0.15, 0.2) is 42.4 Å². The largest absolute Gasteiger partial charge is 0.463 e. The fourth-order valence-electron chi connectivity index (χ4n) is 1.55. The first-order chi connectivity index (χ1) is 6.79. The van der Waals surface area contributed by atoms with E-state index < -0.39 is 0 Å². The summed E-state index contributed by atoms with van der Waals surface area (Å²) >= 11 is 7.00. The normalized spacial score (nSPS) is 11.6.